The molecule has 0 aromatic rings. The van der Waals surface area contributed by atoms with E-state index < -0.39 is 15.3 Å². The maximum absolute atomic E-state index is 12.0. The van der Waals surface area contributed by atoms with Gasteiger partial charge in [0, 0.05) is 19.1 Å². The molecule has 1 aliphatic rings. The standard InChI is InChI=1S/C14H28N2O4S/c1-11(2)21(18,19)16-8-6-12(7-9-16)15-13(17)10-20-14(3,4)5/h11-12H,6-10H2,1-5H3,(H,15,17). The molecular formula is C14H28N2O4S. The van der Waals surface area contributed by atoms with Crippen molar-refractivity contribution in [3.05, 3.63) is 0 Å². The zero-order chi connectivity index (χ0) is 16.3. The quantitative estimate of drug-likeness (QED) is 0.823. The number of sulfonamides is 1. The number of hydrogen-bond acceptors (Lipinski definition) is 4. The lowest BCUT2D eigenvalue weighted by molar-refractivity contribution is -0.131. The second kappa shape index (κ2) is 7.07. The highest BCUT2D eigenvalue weighted by Gasteiger charge is 2.30. The van der Waals surface area contributed by atoms with E-state index in [0.29, 0.717) is 25.9 Å². The Morgan fingerprint density at radius 2 is 1.81 bits per heavy atom. The summed E-state index contributed by atoms with van der Waals surface area (Å²) < 4.78 is 31.0. The largest absolute Gasteiger partial charge is 0.366 e. The molecule has 0 aromatic heterocycles. The number of amides is 1. The van der Waals surface area contributed by atoms with Crippen molar-refractivity contribution < 1.29 is 17.9 Å². The lowest BCUT2D eigenvalue weighted by Gasteiger charge is -2.32. The molecule has 1 N–H and O–H groups in total. The normalized spacial score (nSPS) is 19.0. The summed E-state index contributed by atoms with van der Waals surface area (Å²) in [6, 6.07) is 0.0275. The van der Waals surface area contributed by atoms with Gasteiger partial charge < -0.3 is 10.1 Å². The van der Waals surface area contributed by atoms with Gasteiger partial charge in [0.05, 0.1) is 10.9 Å². The first-order valence-electron chi connectivity index (χ1n) is 7.44. The second-order valence-corrected chi connectivity index (χ2v) is 9.22. The molecule has 0 aliphatic carbocycles. The van der Waals surface area contributed by atoms with Crippen molar-refractivity contribution in [1.29, 1.82) is 0 Å². The molecule has 0 atom stereocenters. The lowest BCUT2D eigenvalue weighted by Crippen LogP contribution is -2.48. The second-order valence-electron chi connectivity index (χ2n) is 6.74. The van der Waals surface area contributed by atoms with Crippen molar-refractivity contribution in [2.45, 2.75) is 64.4 Å². The van der Waals surface area contributed by atoms with Crippen molar-refractivity contribution in [2.24, 2.45) is 0 Å². The van der Waals surface area contributed by atoms with E-state index in [1.807, 2.05) is 20.8 Å². The maximum Gasteiger partial charge on any atom is 0.246 e. The summed E-state index contributed by atoms with van der Waals surface area (Å²) in [5.74, 6) is -0.143. The van der Waals surface area contributed by atoms with Crippen LogP contribution in [-0.4, -0.2) is 55.2 Å². The molecule has 1 amide bonds. The van der Waals surface area contributed by atoms with Crippen LogP contribution in [0.1, 0.15) is 47.5 Å². The molecule has 21 heavy (non-hydrogen) atoms. The fourth-order valence-electron chi connectivity index (χ4n) is 2.10. The Kier molecular flexibility index (Phi) is 6.19. The number of carbonyl (C=O) groups excluding carboxylic acids is 1. The molecule has 0 spiro atoms. The summed E-state index contributed by atoms with van der Waals surface area (Å²) in [6.45, 7) is 10.0. The van der Waals surface area contributed by atoms with Gasteiger partial charge in [0.15, 0.2) is 0 Å². The molecular weight excluding hydrogens is 292 g/mol. The summed E-state index contributed by atoms with van der Waals surface area (Å²) in [5, 5.41) is 2.51. The van der Waals surface area contributed by atoms with Gasteiger partial charge in [0.2, 0.25) is 15.9 Å². The van der Waals surface area contributed by atoms with Crippen molar-refractivity contribution >= 4 is 15.9 Å². The Labute approximate surface area is 128 Å². The number of hydrogen-bond donors (Lipinski definition) is 1. The molecule has 0 bridgehead atoms. The van der Waals surface area contributed by atoms with Gasteiger partial charge in [-0.1, -0.05) is 0 Å². The molecule has 1 saturated heterocycles. The number of nitrogens with zero attached hydrogens (tertiary/aromatic N) is 1. The zero-order valence-corrected chi connectivity index (χ0v) is 14.5. The third-order valence-electron chi connectivity index (χ3n) is 3.41. The number of carbonyl (C=O) groups is 1. The Balaban J connectivity index is 2.39. The first-order valence-corrected chi connectivity index (χ1v) is 8.95. The minimum atomic E-state index is -3.19. The molecule has 1 aliphatic heterocycles. The smallest absolute Gasteiger partial charge is 0.246 e. The highest BCUT2D eigenvalue weighted by molar-refractivity contribution is 7.89. The minimum Gasteiger partial charge on any atom is -0.366 e. The molecule has 1 fully saturated rings. The Hall–Kier alpha value is -0.660. The van der Waals surface area contributed by atoms with Crippen LogP contribution in [0.3, 0.4) is 0 Å². The molecule has 0 unspecified atom stereocenters. The summed E-state index contributed by atoms with van der Waals surface area (Å²) in [6.07, 6.45) is 1.29. The molecule has 0 aromatic carbocycles. The fraction of sp³-hybridized carbons (Fsp3) is 0.929. The molecule has 7 heteroatoms. The Morgan fingerprint density at radius 1 is 1.29 bits per heavy atom. The summed E-state index contributed by atoms with van der Waals surface area (Å²) in [7, 11) is -3.19. The van der Waals surface area contributed by atoms with Crippen LogP contribution in [0.4, 0.5) is 0 Å². The van der Waals surface area contributed by atoms with Crippen LogP contribution >= 0.6 is 0 Å². The van der Waals surface area contributed by atoms with E-state index in [-0.39, 0.29) is 24.2 Å². The number of ether oxygens (including phenoxy) is 1. The highest BCUT2D eigenvalue weighted by atomic mass is 32.2. The van der Waals surface area contributed by atoms with Crippen molar-refractivity contribution in [1.82, 2.24) is 9.62 Å². The van der Waals surface area contributed by atoms with Gasteiger partial charge in [0.1, 0.15) is 6.61 Å². The maximum atomic E-state index is 12.0. The van der Waals surface area contributed by atoms with Crippen LogP contribution in [0.5, 0.6) is 0 Å². The first kappa shape index (κ1) is 18.4. The first-order chi connectivity index (χ1) is 9.52. The number of piperidine rings is 1. The van der Waals surface area contributed by atoms with E-state index >= 15 is 0 Å². The van der Waals surface area contributed by atoms with E-state index in [0.717, 1.165) is 0 Å². The van der Waals surface area contributed by atoms with Crippen LogP contribution < -0.4 is 5.32 Å². The van der Waals surface area contributed by atoms with Gasteiger partial charge in [-0.3, -0.25) is 4.79 Å². The number of nitrogens with one attached hydrogen (secondary N) is 1. The molecule has 124 valence electrons. The van der Waals surface area contributed by atoms with Gasteiger partial charge >= 0.3 is 0 Å². The average Bonchev–Trinajstić information content (AvgIpc) is 2.36. The van der Waals surface area contributed by atoms with Crippen molar-refractivity contribution in [2.75, 3.05) is 19.7 Å². The van der Waals surface area contributed by atoms with Crippen LogP contribution in [0, 0.1) is 0 Å². The van der Waals surface area contributed by atoms with E-state index in [2.05, 4.69) is 5.32 Å². The zero-order valence-electron chi connectivity index (χ0n) is 13.7. The van der Waals surface area contributed by atoms with Crippen LogP contribution in [0.2, 0.25) is 0 Å². The fourth-order valence-corrected chi connectivity index (χ4v) is 3.42. The molecule has 0 saturated carbocycles. The minimum absolute atomic E-state index is 0.0275. The summed E-state index contributed by atoms with van der Waals surface area (Å²) >= 11 is 0. The van der Waals surface area contributed by atoms with Gasteiger partial charge in [0.25, 0.3) is 0 Å². The monoisotopic (exact) mass is 320 g/mol. The predicted molar refractivity (Wildman–Crippen MR) is 82.5 cm³/mol. The summed E-state index contributed by atoms with van der Waals surface area (Å²) in [5.41, 5.74) is -0.341. The van der Waals surface area contributed by atoms with Crippen molar-refractivity contribution in [3.63, 3.8) is 0 Å². The van der Waals surface area contributed by atoms with Gasteiger partial charge in [-0.2, -0.15) is 0 Å². The van der Waals surface area contributed by atoms with E-state index in [4.69, 9.17) is 4.74 Å². The van der Waals surface area contributed by atoms with Crippen LogP contribution in [-0.2, 0) is 19.6 Å². The van der Waals surface area contributed by atoms with Gasteiger partial charge in [-0.25, -0.2) is 12.7 Å². The SMILES string of the molecule is CC(C)S(=O)(=O)N1CCC(NC(=O)COC(C)(C)C)CC1. The highest BCUT2D eigenvalue weighted by Crippen LogP contribution is 2.17. The van der Waals surface area contributed by atoms with Crippen LogP contribution in [0.15, 0.2) is 0 Å². The third kappa shape index (κ3) is 5.92. The van der Waals surface area contributed by atoms with E-state index in [1.54, 1.807) is 13.8 Å². The van der Waals surface area contributed by atoms with E-state index in [9.17, 15) is 13.2 Å². The van der Waals surface area contributed by atoms with Crippen molar-refractivity contribution in [3.8, 4) is 0 Å². The molecule has 1 rings (SSSR count). The lowest BCUT2D eigenvalue weighted by atomic mass is 10.1. The number of rotatable bonds is 5. The van der Waals surface area contributed by atoms with E-state index in [1.165, 1.54) is 4.31 Å². The predicted octanol–water partition coefficient (Wildman–Crippen LogP) is 1.12. The van der Waals surface area contributed by atoms with Gasteiger partial charge in [-0.05, 0) is 47.5 Å². The Morgan fingerprint density at radius 3 is 2.24 bits per heavy atom. The topological polar surface area (TPSA) is 75.7 Å². The average molecular weight is 320 g/mol. The third-order valence-corrected chi connectivity index (χ3v) is 5.69. The van der Waals surface area contributed by atoms with Gasteiger partial charge in [-0.15, -0.1) is 0 Å². The summed E-state index contributed by atoms with van der Waals surface area (Å²) in [4.78, 5) is 11.8. The van der Waals surface area contributed by atoms with Crippen LogP contribution in [0.25, 0.3) is 0 Å². The molecule has 0 radical (unpaired) electrons. The molecule has 1 heterocycles. The molecule has 6 nitrogen and oxygen atoms in total. The Bertz CT molecular complexity index is 446.